The normalized spacial score (nSPS) is 18.6. The molecule has 3 heterocycles. The van der Waals surface area contributed by atoms with Gasteiger partial charge < -0.3 is 14.5 Å². The molecule has 1 fully saturated rings. The number of hydrogen-bond donors (Lipinski definition) is 1. The molecule has 1 atom stereocenters. The summed E-state index contributed by atoms with van der Waals surface area (Å²) in [6.45, 7) is 3.43. The number of carbonyl (C=O) groups excluding carboxylic acids is 1. The highest BCUT2D eigenvalue weighted by molar-refractivity contribution is 5.78. The fraction of sp³-hybridized carbons (Fsp3) is 0.467. The number of fused-ring (bicyclic) bond motifs is 1. The molecule has 0 radical (unpaired) electrons. The van der Waals surface area contributed by atoms with Gasteiger partial charge in [-0.05, 0) is 31.4 Å². The summed E-state index contributed by atoms with van der Waals surface area (Å²) in [7, 11) is 0. The number of aromatic nitrogens is 2. The number of nitrogens with zero attached hydrogens (tertiary/aromatic N) is 2. The lowest BCUT2D eigenvalue weighted by Gasteiger charge is -2.09. The Kier molecular flexibility index (Phi) is 3.69. The van der Waals surface area contributed by atoms with E-state index in [1.165, 1.54) is 0 Å². The van der Waals surface area contributed by atoms with Crippen molar-refractivity contribution >= 4 is 11.6 Å². The van der Waals surface area contributed by atoms with Crippen molar-refractivity contribution in [1.29, 1.82) is 0 Å². The molecule has 1 N–H and O–H groups in total. The highest BCUT2D eigenvalue weighted by Crippen LogP contribution is 2.12. The SMILES string of the molecule is Cc1cccn2cc(CC(=O)NCC3CCCO3)nc12. The van der Waals surface area contributed by atoms with Crippen molar-refractivity contribution in [3.8, 4) is 0 Å². The molecule has 1 amide bonds. The van der Waals surface area contributed by atoms with Crippen LogP contribution in [0.15, 0.2) is 24.5 Å². The lowest BCUT2D eigenvalue weighted by atomic mass is 10.2. The summed E-state index contributed by atoms with van der Waals surface area (Å²) in [5.41, 5.74) is 2.82. The maximum absolute atomic E-state index is 11.9. The third-order valence-electron chi connectivity index (χ3n) is 3.62. The molecule has 106 valence electrons. The molecule has 0 spiro atoms. The summed E-state index contributed by atoms with van der Waals surface area (Å²) in [5, 5.41) is 2.92. The number of ether oxygens (including phenoxy) is 1. The van der Waals surface area contributed by atoms with E-state index in [1.54, 1.807) is 0 Å². The molecular weight excluding hydrogens is 254 g/mol. The number of amides is 1. The molecular formula is C15H19N3O2. The summed E-state index contributed by atoms with van der Waals surface area (Å²) < 4.78 is 7.44. The molecule has 0 saturated carbocycles. The van der Waals surface area contributed by atoms with Gasteiger partial charge in [0.05, 0.1) is 18.2 Å². The second-order valence-electron chi connectivity index (χ2n) is 5.27. The Bertz CT molecular complexity index is 615. The number of nitrogens with one attached hydrogen (secondary N) is 1. The van der Waals surface area contributed by atoms with Crippen LogP contribution in [0, 0.1) is 6.92 Å². The van der Waals surface area contributed by atoms with Crippen LogP contribution in [-0.2, 0) is 16.0 Å². The molecule has 0 bridgehead atoms. The van der Waals surface area contributed by atoms with Gasteiger partial charge in [-0.2, -0.15) is 0 Å². The number of hydrogen-bond acceptors (Lipinski definition) is 3. The zero-order chi connectivity index (χ0) is 13.9. The van der Waals surface area contributed by atoms with E-state index in [0.29, 0.717) is 13.0 Å². The zero-order valence-corrected chi connectivity index (χ0v) is 11.6. The molecule has 5 nitrogen and oxygen atoms in total. The lowest BCUT2D eigenvalue weighted by Crippen LogP contribution is -2.32. The van der Waals surface area contributed by atoms with Crippen molar-refractivity contribution in [1.82, 2.24) is 14.7 Å². The molecule has 2 aromatic heterocycles. The molecule has 0 aromatic carbocycles. The first-order chi connectivity index (χ1) is 9.72. The van der Waals surface area contributed by atoms with E-state index >= 15 is 0 Å². The van der Waals surface area contributed by atoms with Gasteiger partial charge in [-0.3, -0.25) is 4.79 Å². The van der Waals surface area contributed by atoms with Crippen molar-refractivity contribution in [2.45, 2.75) is 32.3 Å². The Balaban J connectivity index is 1.60. The van der Waals surface area contributed by atoms with E-state index in [9.17, 15) is 4.79 Å². The van der Waals surface area contributed by atoms with E-state index in [2.05, 4.69) is 10.3 Å². The van der Waals surface area contributed by atoms with Gasteiger partial charge in [0.1, 0.15) is 5.65 Å². The highest BCUT2D eigenvalue weighted by Gasteiger charge is 2.16. The van der Waals surface area contributed by atoms with Crippen molar-refractivity contribution in [3.05, 3.63) is 35.8 Å². The fourth-order valence-corrected chi connectivity index (χ4v) is 2.55. The van der Waals surface area contributed by atoms with E-state index in [4.69, 9.17) is 4.74 Å². The Labute approximate surface area is 118 Å². The second-order valence-corrected chi connectivity index (χ2v) is 5.27. The molecule has 2 aromatic rings. The zero-order valence-electron chi connectivity index (χ0n) is 11.6. The second kappa shape index (κ2) is 5.63. The van der Waals surface area contributed by atoms with Gasteiger partial charge >= 0.3 is 0 Å². The van der Waals surface area contributed by atoms with Crippen LogP contribution < -0.4 is 5.32 Å². The van der Waals surface area contributed by atoms with Gasteiger partial charge in [-0.25, -0.2) is 4.98 Å². The van der Waals surface area contributed by atoms with E-state index in [0.717, 1.165) is 36.4 Å². The Morgan fingerprint density at radius 1 is 1.60 bits per heavy atom. The average molecular weight is 273 g/mol. The summed E-state index contributed by atoms with van der Waals surface area (Å²) >= 11 is 0. The molecule has 1 saturated heterocycles. The summed E-state index contributed by atoms with van der Waals surface area (Å²) in [4.78, 5) is 16.4. The van der Waals surface area contributed by atoms with Gasteiger partial charge in [-0.1, -0.05) is 6.07 Å². The first kappa shape index (κ1) is 13.1. The number of rotatable bonds is 4. The first-order valence-electron chi connectivity index (χ1n) is 7.04. The van der Waals surface area contributed by atoms with Crippen LogP contribution in [0.4, 0.5) is 0 Å². The van der Waals surface area contributed by atoms with Gasteiger partial charge in [0, 0.05) is 25.5 Å². The maximum atomic E-state index is 11.9. The summed E-state index contributed by atoms with van der Waals surface area (Å²) in [6.07, 6.45) is 6.48. The standard InChI is InChI=1S/C15H19N3O2/c1-11-4-2-6-18-10-12(17-15(11)18)8-14(19)16-9-13-5-3-7-20-13/h2,4,6,10,13H,3,5,7-9H2,1H3,(H,16,19). The average Bonchev–Trinajstić information content (AvgIpc) is 3.05. The van der Waals surface area contributed by atoms with Crippen LogP contribution >= 0.6 is 0 Å². The quantitative estimate of drug-likeness (QED) is 0.918. The number of imidazole rings is 1. The number of carbonyl (C=O) groups is 1. The highest BCUT2D eigenvalue weighted by atomic mass is 16.5. The predicted octanol–water partition coefficient (Wildman–Crippen LogP) is 1.48. The van der Waals surface area contributed by atoms with Gasteiger partial charge in [0.2, 0.25) is 5.91 Å². The summed E-state index contributed by atoms with van der Waals surface area (Å²) in [6, 6.07) is 3.99. The molecule has 1 aliphatic rings. The van der Waals surface area contributed by atoms with Crippen LogP contribution in [0.5, 0.6) is 0 Å². The smallest absolute Gasteiger partial charge is 0.226 e. The number of aryl methyl sites for hydroxylation is 1. The van der Waals surface area contributed by atoms with Crippen molar-refractivity contribution in [2.24, 2.45) is 0 Å². The van der Waals surface area contributed by atoms with E-state index in [-0.39, 0.29) is 12.0 Å². The Morgan fingerprint density at radius 2 is 2.50 bits per heavy atom. The monoisotopic (exact) mass is 273 g/mol. The van der Waals surface area contributed by atoms with Crippen LogP contribution in [0.3, 0.4) is 0 Å². The van der Waals surface area contributed by atoms with Crippen molar-refractivity contribution < 1.29 is 9.53 Å². The summed E-state index contributed by atoms with van der Waals surface area (Å²) in [5.74, 6) is 0.00144. The topological polar surface area (TPSA) is 55.6 Å². The maximum Gasteiger partial charge on any atom is 0.226 e. The number of pyridine rings is 1. The van der Waals surface area contributed by atoms with Crippen LogP contribution in [0.2, 0.25) is 0 Å². The molecule has 1 aliphatic heterocycles. The molecule has 20 heavy (non-hydrogen) atoms. The van der Waals surface area contributed by atoms with Crippen LogP contribution in [-0.4, -0.2) is 34.5 Å². The van der Waals surface area contributed by atoms with Crippen molar-refractivity contribution in [3.63, 3.8) is 0 Å². The van der Waals surface area contributed by atoms with Gasteiger partial charge in [-0.15, -0.1) is 0 Å². The van der Waals surface area contributed by atoms with Gasteiger partial charge in [0.15, 0.2) is 0 Å². The third-order valence-corrected chi connectivity index (χ3v) is 3.62. The fourth-order valence-electron chi connectivity index (χ4n) is 2.55. The minimum Gasteiger partial charge on any atom is -0.376 e. The molecule has 1 unspecified atom stereocenters. The largest absolute Gasteiger partial charge is 0.376 e. The Morgan fingerprint density at radius 3 is 3.25 bits per heavy atom. The molecule has 3 rings (SSSR count). The predicted molar refractivity (Wildman–Crippen MR) is 75.6 cm³/mol. The van der Waals surface area contributed by atoms with Crippen LogP contribution in [0.1, 0.15) is 24.1 Å². The van der Waals surface area contributed by atoms with Crippen LogP contribution in [0.25, 0.3) is 5.65 Å². The van der Waals surface area contributed by atoms with Gasteiger partial charge in [0.25, 0.3) is 0 Å². The van der Waals surface area contributed by atoms with E-state index < -0.39 is 0 Å². The lowest BCUT2D eigenvalue weighted by molar-refractivity contribution is -0.121. The van der Waals surface area contributed by atoms with E-state index in [1.807, 2.05) is 35.9 Å². The minimum absolute atomic E-state index is 0.00144. The third kappa shape index (κ3) is 2.82. The first-order valence-corrected chi connectivity index (χ1v) is 7.04. The Hall–Kier alpha value is -1.88. The molecule has 0 aliphatic carbocycles. The van der Waals surface area contributed by atoms with Crippen molar-refractivity contribution in [2.75, 3.05) is 13.2 Å². The minimum atomic E-state index is 0.00144. The molecule has 5 heteroatoms.